The minimum absolute atomic E-state index is 0.407. The van der Waals surface area contributed by atoms with Crippen molar-refractivity contribution in [3.63, 3.8) is 0 Å². The Kier molecular flexibility index (Phi) is 2.23. The molecule has 19 heavy (non-hydrogen) atoms. The first-order valence-corrected chi connectivity index (χ1v) is 5.78. The predicted octanol–water partition coefficient (Wildman–Crippen LogP) is -0.545. The smallest absolute Gasteiger partial charge is 0.230 e. The van der Waals surface area contributed by atoms with Gasteiger partial charge in [-0.05, 0) is 24.3 Å². The first-order valence-electron chi connectivity index (χ1n) is 5.78. The van der Waals surface area contributed by atoms with Crippen molar-refractivity contribution in [3.8, 4) is 0 Å². The molecule has 1 atom stereocenters. The molecule has 6 nitrogen and oxygen atoms in total. The van der Waals surface area contributed by atoms with E-state index in [1.807, 2.05) is 0 Å². The molecule has 1 aliphatic heterocycles. The van der Waals surface area contributed by atoms with E-state index in [2.05, 4.69) is 9.98 Å². The van der Waals surface area contributed by atoms with Gasteiger partial charge in [-0.1, -0.05) is 12.1 Å². The van der Waals surface area contributed by atoms with Crippen molar-refractivity contribution in [1.82, 2.24) is 0 Å². The van der Waals surface area contributed by atoms with E-state index in [9.17, 15) is 0 Å². The van der Waals surface area contributed by atoms with Gasteiger partial charge in [0.1, 0.15) is 5.36 Å². The predicted molar refractivity (Wildman–Crippen MR) is 74.3 cm³/mol. The third-order valence-corrected chi connectivity index (χ3v) is 3.14. The molecule has 1 aliphatic rings. The second kappa shape index (κ2) is 3.69. The van der Waals surface area contributed by atoms with E-state index in [0.717, 1.165) is 5.56 Å². The lowest BCUT2D eigenvalue weighted by atomic mass is 10.1. The van der Waals surface area contributed by atoms with Crippen LogP contribution < -0.4 is 33.6 Å². The highest BCUT2D eigenvalue weighted by Gasteiger charge is 2.29. The largest absolute Gasteiger partial charge is 0.399 e. The first kappa shape index (κ1) is 11.5. The lowest BCUT2D eigenvalue weighted by Crippen LogP contribution is -2.31. The van der Waals surface area contributed by atoms with Crippen molar-refractivity contribution in [3.05, 3.63) is 52.7 Å². The van der Waals surface area contributed by atoms with Crippen LogP contribution in [-0.2, 0) is 5.79 Å². The van der Waals surface area contributed by atoms with Gasteiger partial charge in [0.15, 0.2) is 0 Å². The number of nitrogens with zero attached hydrogens (tertiary/aromatic N) is 2. The van der Waals surface area contributed by atoms with Crippen LogP contribution in [0.2, 0.25) is 0 Å². The molecular formula is C13H14N6. The van der Waals surface area contributed by atoms with Crippen LogP contribution in [0.3, 0.4) is 0 Å². The van der Waals surface area contributed by atoms with Crippen LogP contribution in [0, 0.1) is 0 Å². The summed E-state index contributed by atoms with van der Waals surface area (Å²) < 4.78 is 0. The summed E-state index contributed by atoms with van der Waals surface area (Å²) >= 11 is 0. The molecule has 0 amide bonds. The second-order valence-corrected chi connectivity index (χ2v) is 4.51. The molecule has 96 valence electrons. The van der Waals surface area contributed by atoms with Crippen LogP contribution >= 0.6 is 0 Å². The molecule has 1 unspecified atom stereocenters. The van der Waals surface area contributed by atoms with Crippen molar-refractivity contribution in [2.24, 2.45) is 15.7 Å². The van der Waals surface area contributed by atoms with Crippen LogP contribution in [0.25, 0.3) is 0 Å². The highest BCUT2D eigenvalue weighted by Crippen LogP contribution is 2.23. The van der Waals surface area contributed by atoms with Crippen LogP contribution in [0.5, 0.6) is 0 Å². The standard InChI is InChI=1S/C13H14N6/c14-8-3-1-7(2-4-8)13(17)18-10-6-5-9(15)11(16)12(10)19-13/h1-6H,14-17H2. The topological polar surface area (TPSA) is 129 Å². The lowest BCUT2D eigenvalue weighted by molar-refractivity contribution is 0.492. The van der Waals surface area contributed by atoms with Crippen molar-refractivity contribution in [2.75, 3.05) is 17.2 Å². The van der Waals surface area contributed by atoms with Gasteiger partial charge in [-0.25, -0.2) is 9.98 Å². The van der Waals surface area contributed by atoms with Gasteiger partial charge in [-0.15, -0.1) is 0 Å². The highest BCUT2D eigenvalue weighted by atomic mass is 15.2. The fourth-order valence-electron chi connectivity index (χ4n) is 2.06. The zero-order valence-corrected chi connectivity index (χ0v) is 10.2. The summed E-state index contributed by atoms with van der Waals surface area (Å²) in [7, 11) is 0. The fraction of sp³-hybridized carbons (Fsp3) is 0.0769. The molecule has 0 saturated heterocycles. The normalized spacial score (nSPS) is 20.5. The van der Waals surface area contributed by atoms with E-state index >= 15 is 0 Å². The van der Waals surface area contributed by atoms with Gasteiger partial charge >= 0.3 is 0 Å². The Hall–Kier alpha value is -2.60. The zero-order chi connectivity index (χ0) is 13.6. The summed E-state index contributed by atoms with van der Waals surface area (Å²) in [6, 6.07) is 10.6. The van der Waals surface area contributed by atoms with Crippen LogP contribution in [0.15, 0.2) is 46.4 Å². The summed E-state index contributed by atoms with van der Waals surface area (Å²) in [5.41, 5.74) is 25.8. The first-order chi connectivity index (χ1) is 8.99. The van der Waals surface area contributed by atoms with Crippen molar-refractivity contribution in [2.45, 2.75) is 5.79 Å². The molecule has 0 radical (unpaired) electrons. The van der Waals surface area contributed by atoms with Gasteiger partial charge in [0, 0.05) is 11.3 Å². The number of anilines is 3. The summed E-state index contributed by atoms with van der Waals surface area (Å²) in [6.45, 7) is 0. The molecule has 2 aromatic rings. The van der Waals surface area contributed by atoms with E-state index < -0.39 is 5.79 Å². The van der Waals surface area contributed by atoms with E-state index in [0.29, 0.717) is 27.8 Å². The monoisotopic (exact) mass is 254 g/mol. The molecule has 0 aromatic heterocycles. The second-order valence-electron chi connectivity index (χ2n) is 4.51. The molecular weight excluding hydrogens is 240 g/mol. The van der Waals surface area contributed by atoms with Crippen molar-refractivity contribution < 1.29 is 0 Å². The molecule has 6 heteroatoms. The quantitative estimate of drug-likeness (QED) is 0.509. The maximum absolute atomic E-state index is 6.23. The Morgan fingerprint density at radius 3 is 2.21 bits per heavy atom. The average Bonchev–Trinajstić information content (AvgIpc) is 2.74. The molecule has 1 heterocycles. The number of nitrogens with two attached hydrogens (primary N) is 4. The van der Waals surface area contributed by atoms with Crippen LogP contribution in [-0.4, -0.2) is 0 Å². The molecule has 8 N–H and O–H groups in total. The third kappa shape index (κ3) is 1.69. The SMILES string of the molecule is Nc1ccc(C2(N)N=c3ccc(N)c(N)c3=N2)cc1. The molecule has 2 aromatic carbocycles. The maximum Gasteiger partial charge on any atom is 0.230 e. The van der Waals surface area contributed by atoms with Gasteiger partial charge in [-0.3, -0.25) is 5.73 Å². The lowest BCUT2D eigenvalue weighted by Gasteiger charge is -2.17. The molecule has 0 saturated carbocycles. The summed E-state index contributed by atoms with van der Waals surface area (Å²) in [4.78, 5) is 8.83. The molecule has 0 fully saturated rings. The molecule has 0 aliphatic carbocycles. The van der Waals surface area contributed by atoms with E-state index in [4.69, 9.17) is 22.9 Å². The fourth-order valence-corrected chi connectivity index (χ4v) is 2.06. The number of nitrogen functional groups attached to an aromatic ring is 3. The summed E-state index contributed by atoms with van der Waals surface area (Å²) in [5, 5.41) is 1.19. The summed E-state index contributed by atoms with van der Waals surface area (Å²) in [6.07, 6.45) is 0. The number of fused-ring (bicyclic) bond motifs is 1. The Morgan fingerprint density at radius 2 is 1.53 bits per heavy atom. The number of hydrogen-bond donors (Lipinski definition) is 4. The Balaban J connectivity index is 2.22. The average molecular weight is 254 g/mol. The number of benzene rings is 2. The molecule has 3 rings (SSSR count). The van der Waals surface area contributed by atoms with Gasteiger partial charge in [0.05, 0.1) is 16.7 Å². The molecule has 0 spiro atoms. The number of hydrogen-bond acceptors (Lipinski definition) is 6. The Bertz CT molecular complexity index is 765. The van der Waals surface area contributed by atoms with Crippen LogP contribution in [0.4, 0.5) is 17.1 Å². The van der Waals surface area contributed by atoms with E-state index in [-0.39, 0.29) is 0 Å². The number of rotatable bonds is 1. The van der Waals surface area contributed by atoms with Crippen molar-refractivity contribution >= 4 is 17.1 Å². The molecule has 0 bridgehead atoms. The Labute approximate surface area is 109 Å². The van der Waals surface area contributed by atoms with Crippen molar-refractivity contribution in [1.29, 1.82) is 0 Å². The van der Waals surface area contributed by atoms with Crippen LogP contribution in [0.1, 0.15) is 5.56 Å². The highest BCUT2D eigenvalue weighted by molar-refractivity contribution is 5.62. The maximum atomic E-state index is 6.23. The van der Waals surface area contributed by atoms with E-state index in [1.165, 1.54) is 0 Å². The zero-order valence-electron chi connectivity index (χ0n) is 10.2. The minimum Gasteiger partial charge on any atom is -0.399 e. The van der Waals surface area contributed by atoms with Gasteiger partial charge < -0.3 is 17.2 Å². The van der Waals surface area contributed by atoms with Gasteiger partial charge in [0.2, 0.25) is 5.79 Å². The Morgan fingerprint density at radius 1 is 0.842 bits per heavy atom. The summed E-state index contributed by atoms with van der Waals surface area (Å²) in [5.74, 6) is -1.17. The van der Waals surface area contributed by atoms with Gasteiger partial charge in [-0.2, -0.15) is 0 Å². The third-order valence-electron chi connectivity index (χ3n) is 3.14. The van der Waals surface area contributed by atoms with Gasteiger partial charge in [0.25, 0.3) is 0 Å². The van der Waals surface area contributed by atoms with E-state index in [1.54, 1.807) is 36.4 Å². The minimum atomic E-state index is -1.17.